The first kappa shape index (κ1) is 23.4. The first-order valence-electron chi connectivity index (χ1n) is 8.15. The summed E-state index contributed by atoms with van der Waals surface area (Å²) < 4.78 is 33.2. The van der Waals surface area contributed by atoms with Gasteiger partial charge >= 0.3 is 0 Å². The number of nitrogens with zero attached hydrogens (tertiary/aromatic N) is 1. The van der Waals surface area contributed by atoms with Crippen LogP contribution in [-0.4, -0.2) is 34.6 Å². The molecule has 1 aromatic carbocycles. The van der Waals surface area contributed by atoms with Crippen LogP contribution in [-0.2, 0) is 27.9 Å². The highest BCUT2D eigenvalue weighted by Gasteiger charge is 2.06. The van der Waals surface area contributed by atoms with Crippen LogP contribution >= 0.6 is 24.0 Å². The minimum atomic E-state index is -3.66. The van der Waals surface area contributed by atoms with Gasteiger partial charge in [-0.05, 0) is 36.2 Å². The van der Waals surface area contributed by atoms with Gasteiger partial charge in [-0.2, -0.15) is 0 Å². The van der Waals surface area contributed by atoms with Gasteiger partial charge in [0.1, 0.15) is 12.4 Å². The van der Waals surface area contributed by atoms with Gasteiger partial charge in [0, 0.05) is 26.7 Å². The summed E-state index contributed by atoms with van der Waals surface area (Å²) in [5, 5.41) is 11.4. The number of aliphatic imine (C=N–C) groups is 1. The highest BCUT2D eigenvalue weighted by Crippen LogP contribution is 2.08. The van der Waals surface area contributed by atoms with Crippen molar-refractivity contribution >= 4 is 40.0 Å². The van der Waals surface area contributed by atoms with Crippen LogP contribution in [0.4, 0.5) is 0 Å². The molecule has 0 fully saturated rings. The number of guanidine groups is 1. The molecule has 0 saturated heterocycles. The zero-order valence-corrected chi connectivity index (χ0v) is 18.2. The quantitative estimate of drug-likeness (QED) is 0.206. The number of rotatable bonds is 9. The zero-order valence-electron chi connectivity index (χ0n) is 15.1. The summed E-state index contributed by atoms with van der Waals surface area (Å²) in [7, 11) is -1.98. The lowest BCUT2D eigenvalue weighted by atomic mass is 10.2. The Kier molecular flexibility index (Phi) is 10.4. The van der Waals surface area contributed by atoms with E-state index in [4.69, 9.17) is 14.3 Å². The van der Waals surface area contributed by atoms with Crippen LogP contribution in [0.25, 0.3) is 0 Å². The average molecular weight is 508 g/mol. The second kappa shape index (κ2) is 12.0. The van der Waals surface area contributed by atoms with Crippen LogP contribution in [0, 0.1) is 0 Å². The standard InChI is InChI=1S/C17H24N4O4S.HI/c1-19-17(20-9-3-10-24-13-15-4-2-11-25-15)21-12-14-5-7-16(8-6-14)26(18,22)23;/h2,4-8,11H,3,9-10,12-13H2,1H3,(H2,18,22,23)(H2,19,20,21);1H. The van der Waals surface area contributed by atoms with E-state index in [9.17, 15) is 8.42 Å². The predicted molar refractivity (Wildman–Crippen MR) is 114 cm³/mol. The summed E-state index contributed by atoms with van der Waals surface area (Å²) in [6.07, 6.45) is 2.45. The minimum Gasteiger partial charge on any atom is -0.467 e. The predicted octanol–water partition coefficient (Wildman–Crippen LogP) is 1.82. The molecule has 0 atom stereocenters. The van der Waals surface area contributed by atoms with Crippen LogP contribution < -0.4 is 15.8 Å². The van der Waals surface area contributed by atoms with E-state index >= 15 is 0 Å². The summed E-state index contributed by atoms with van der Waals surface area (Å²) in [4.78, 5) is 4.24. The van der Waals surface area contributed by atoms with E-state index in [-0.39, 0.29) is 28.9 Å². The third kappa shape index (κ3) is 8.73. The molecule has 0 spiro atoms. The van der Waals surface area contributed by atoms with Crippen molar-refractivity contribution < 1.29 is 17.6 Å². The highest BCUT2D eigenvalue weighted by molar-refractivity contribution is 14.0. The van der Waals surface area contributed by atoms with Crippen LogP contribution in [0.3, 0.4) is 0 Å². The van der Waals surface area contributed by atoms with Crippen LogP contribution in [0.2, 0.25) is 0 Å². The lowest BCUT2D eigenvalue weighted by molar-refractivity contribution is 0.105. The third-order valence-corrected chi connectivity index (χ3v) is 4.45. The van der Waals surface area contributed by atoms with Gasteiger partial charge in [0.2, 0.25) is 10.0 Å². The molecule has 0 amide bonds. The van der Waals surface area contributed by atoms with Crippen molar-refractivity contribution in [1.82, 2.24) is 10.6 Å². The van der Waals surface area contributed by atoms with Crippen LogP contribution in [0.15, 0.2) is 57.0 Å². The molecule has 2 rings (SSSR count). The average Bonchev–Trinajstić information content (AvgIpc) is 3.13. The summed E-state index contributed by atoms with van der Waals surface area (Å²) in [5.74, 6) is 1.47. The van der Waals surface area contributed by atoms with Crippen molar-refractivity contribution in [3.8, 4) is 0 Å². The maximum Gasteiger partial charge on any atom is 0.238 e. The van der Waals surface area contributed by atoms with Crippen molar-refractivity contribution in [2.45, 2.75) is 24.5 Å². The van der Waals surface area contributed by atoms with Gasteiger partial charge in [-0.25, -0.2) is 13.6 Å². The number of benzene rings is 1. The van der Waals surface area contributed by atoms with Crippen LogP contribution in [0.5, 0.6) is 0 Å². The zero-order chi connectivity index (χ0) is 18.8. The van der Waals surface area contributed by atoms with E-state index in [1.165, 1.54) is 12.1 Å². The van der Waals surface area contributed by atoms with Gasteiger partial charge in [0.15, 0.2) is 5.96 Å². The largest absolute Gasteiger partial charge is 0.467 e. The molecule has 1 aromatic heterocycles. The van der Waals surface area contributed by atoms with Crippen molar-refractivity contribution in [3.05, 3.63) is 54.0 Å². The molecule has 0 aliphatic heterocycles. The number of hydrogen-bond acceptors (Lipinski definition) is 5. The highest BCUT2D eigenvalue weighted by atomic mass is 127. The van der Waals surface area contributed by atoms with Gasteiger partial charge in [-0.1, -0.05) is 12.1 Å². The van der Waals surface area contributed by atoms with Crippen molar-refractivity contribution in [1.29, 1.82) is 0 Å². The lowest BCUT2D eigenvalue weighted by Crippen LogP contribution is -2.37. The molecular formula is C17H25IN4O4S. The minimum absolute atomic E-state index is 0. The number of hydrogen-bond donors (Lipinski definition) is 3. The molecule has 0 bridgehead atoms. The third-order valence-electron chi connectivity index (χ3n) is 3.52. The molecule has 150 valence electrons. The molecule has 10 heteroatoms. The maximum absolute atomic E-state index is 11.2. The van der Waals surface area contributed by atoms with Gasteiger partial charge in [0.25, 0.3) is 0 Å². The van der Waals surface area contributed by atoms with Crippen molar-refractivity contribution in [2.75, 3.05) is 20.2 Å². The second-order valence-corrected chi connectivity index (χ2v) is 7.09. The maximum atomic E-state index is 11.2. The molecule has 27 heavy (non-hydrogen) atoms. The smallest absolute Gasteiger partial charge is 0.238 e. The van der Waals surface area contributed by atoms with Crippen molar-refractivity contribution in [2.24, 2.45) is 10.1 Å². The fraction of sp³-hybridized carbons (Fsp3) is 0.353. The van der Waals surface area contributed by atoms with Gasteiger partial charge in [-0.3, -0.25) is 4.99 Å². The van der Waals surface area contributed by atoms with E-state index in [0.717, 1.165) is 17.7 Å². The SMILES string of the molecule is CN=C(NCCCOCc1ccco1)NCc1ccc(S(N)(=O)=O)cc1.I. The Morgan fingerprint density at radius 1 is 1.22 bits per heavy atom. The number of primary sulfonamides is 1. The summed E-state index contributed by atoms with van der Waals surface area (Å²) in [6.45, 7) is 2.30. The Labute approximate surface area is 176 Å². The number of sulfonamides is 1. The van der Waals surface area contributed by atoms with Crippen molar-refractivity contribution in [3.63, 3.8) is 0 Å². The molecule has 0 aliphatic rings. The molecule has 8 nitrogen and oxygen atoms in total. The lowest BCUT2D eigenvalue weighted by Gasteiger charge is -2.12. The first-order chi connectivity index (χ1) is 12.5. The molecule has 0 unspecified atom stereocenters. The van der Waals surface area contributed by atoms with Gasteiger partial charge < -0.3 is 19.8 Å². The first-order valence-corrected chi connectivity index (χ1v) is 9.70. The summed E-state index contributed by atoms with van der Waals surface area (Å²) >= 11 is 0. The van der Waals surface area contributed by atoms with E-state index in [0.29, 0.717) is 32.3 Å². The normalized spacial score (nSPS) is 11.7. The van der Waals surface area contributed by atoms with E-state index in [1.54, 1.807) is 25.4 Å². The summed E-state index contributed by atoms with van der Waals surface area (Å²) in [6, 6.07) is 10.1. The van der Waals surface area contributed by atoms with E-state index in [1.807, 2.05) is 12.1 Å². The Balaban J connectivity index is 0.00000364. The number of halogens is 1. The molecule has 0 saturated carbocycles. The molecule has 0 aliphatic carbocycles. The number of nitrogens with one attached hydrogen (secondary N) is 2. The molecule has 2 aromatic rings. The molecule has 1 heterocycles. The Hall–Kier alpha value is -1.63. The summed E-state index contributed by atoms with van der Waals surface area (Å²) in [5.41, 5.74) is 0.919. The monoisotopic (exact) mass is 508 g/mol. The second-order valence-electron chi connectivity index (χ2n) is 5.53. The molecule has 4 N–H and O–H groups in total. The van der Waals surface area contributed by atoms with E-state index in [2.05, 4.69) is 15.6 Å². The van der Waals surface area contributed by atoms with E-state index < -0.39 is 10.0 Å². The Bertz CT molecular complexity index is 793. The van der Waals surface area contributed by atoms with Gasteiger partial charge in [-0.15, -0.1) is 24.0 Å². The number of furan rings is 1. The van der Waals surface area contributed by atoms with Gasteiger partial charge in [0.05, 0.1) is 11.2 Å². The molecule has 0 radical (unpaired) electrons. The van der Waals surface area contributed by atoms with Crippen LogP contribution in [0.1, 0.15) is 17.7 Å². The fourth-order valence-electron chi connectivity index (χ4n) is 2.15. The fourth-order valence-corrected chi connectivity index (χ4v) is 2.67. The number of ether oxygens (including phenoxy) is 1. The Morgan fingerprint density at radius 2 is 1.96 bits per heavy atom. The topological polar surface area (TPSA) is 119 Å². The Morgan fingerprint density at radius 3 is 2.56 bits per heavy atom. The molecular weight excluding hydrogens is 483 g/mol. The number of nitrogens with two attached hydrogens (primary N) is 1.